The number of hydrogen-bond acceptors (Lipinski definition) is 4. The van der Waals surface area contributed by atoms with Crippen LogP contribution in [0, 0.1) is 5.82 Å². The van der Waals surface area contributed by atoms with Crippen LogP contribution in [0.25, 0.3) is 0 Å². The van der Waals surface area contributed by atoms with E-state index < -0.39 is 27.8 Å². The number of sulfonamides is 1. The summed E-state index contributed by atoms with van der Waals surface area (Å²) >= 11 is 0. The lowest BCUT2D eigenvalue weighted by Gasteiger charge is -2.14. The van der Waals surface area contributed by atoms with E-state index in [-0.39, 0.29) is 18.0 Å². The number of ether oxygens (including phenoxy) is 1. The molecule has 0 heterocycles. The highest BCUT2D eigenvalue weighted by Gasteiger charge is 2.20. The van der Waals surface area contributed by atoms with E-state index in [0.29, 0.717) is 0 Å². The molecule has 0 aliphatic carbocycles. The first kappa shape index (κ1) is 16.5. The van der Waals surface area contributed by atoms with Gasteiger partial charge in [0.1, 0.15) is 5.82 Å². The van der Waals surface area contributed by atoms with Crippen molar-refractivity contribution in [3.8, 4) is 0 Å². The summed E-state index contributed by atoms with van der Waals surface area (Å²) in [7, 11) is -2.24. The second kappa shape index (κ2) is 7.32. The molecule has 1 aromatic carbocycles. The van der Waals surface area contributed by atoms with E-state index >= 15 is 0 Å². The summed E-state index contributed by atoms with van der Waals surface area (Å²) in [6.45, 7) is 1.40. The third kappa shape index (κ3) is 5.24. The molecule has 20 heavy (non-hydrogen) atoms. The molecule has 0 radical (unpaired) electrons. The van der Waals surface area contributed by atoms with Gasteiger partial charge in [0.25, 0.3) is 0 Å². The van der Waals surface area contributed by atoms with Gasteiger partial charge < -0.3 is 10.1 Å². The maximum absolute atomic E-state index is 13.3. The average Bonchev–Trinajstić information content (AvgIpc) is 2.38. The number of nitrogens with one attached hydrogen (secondary N) is 2. The molecule has 0 bridgehead atoms. The van der Waals surface area contributed by atoms with E-state index in [2.05, 4.69) is 14.8 Å². The largest absolute Gasteiger partial charge is 0.384 e. The summed E-state index contributed by atoms with van der Waals surface area (Å²) in [4.78, 5) is 11.8. The number of halogens is 1. The minimum absolute atomic E-state index is 0.000407. The van der Waals surface area contributed by atoms with Crippen molar-refractivity contribution in [1.29, 1.82) is 0 Å². The Bertz CT molecular complexity index is 562. The van der Waals surface area contributed by atoms with Crippen LogP contribution >= 0.6 is 0 Å². The molecule has 1 rings (SSSR count). The minimum Gasteiger partial charge on any atom is -0.384 e. The first-order chi connectivity index (χ1) is 9.35. The molecule has 0 spiro atoms. The number of amides is 1. The standard InChI is InChI=1S/C12H17FN2O4S/c1-9(15-20(17,18)8-7-19-2)12(16)14-11-6-4-3-5-10(11)13/h3-6,9,15H,7-8H2,1-2H3,(H,14,16). The highest BCUT2D eigenvalue weighted by atomic mass is 32.2. The number of para-hydroxylation sites is 1. The fourth-order valence-electron chi connectivity index (χ4n) is 1.38. The van der Waals surface area contributed by atoms with Gasteiger partial charge in [-0.05, 0) is 19.1 Å². The van der Waals surface area contributed by atoms with Gasteiger partial charge in [0.15, 0.2) is 0 Å². The Morgan fingerprint density at radius 3 is 2.65 bits per heavy atom. The maximum Gasteiger partial charge on any atom is 0.242 e. The molecule has 1 atom stereocenters. The van der Waals surface area contributed by atoms with E-state index in [4.69, 9.17) is 0 Å². The Morgan fingerprint density at radius 2 is 2.05 bits per heavy atom. The lowest BCUT2D eigenvalue weighted by Crippen LogP contribution is -2.43. The van der Waals surface area contributed by atoms with Crippen molar-refractivity contribution in [2.45, 2.75) is 13.0 Å². The van der Waals surface area contributed by atoms with Gasteiger partial charge in [0, 0.05) is 7.11 Å². The molecule has 2 N–H and O–H groups in total. The Balaban J connectivity index is 2.62. The van der Waals surface area contributed by atoms with Crippen LogP contribution in [0.3, 0.4) is 0 Å². The topological polar surface area (TPSA) is 84.5 Å². The first-order valence-corrected chi connectivity index (χ1v) is 7.55. The molecule has 0 saturated carbocycles. The van der Waals surface area contributed by atoms with Crippen molar-refractivity contribution in [3.05, 3.63) is 30.1 Å². The molecule has 8 heteroatoms. The van der Waals surface area contributed by atoms with Gasteiger partial charge in [0.2, 0.25) is 15.9 Å². The smallest absolute Gasteiger partial charge is 0.242 e. The molecule has 1 amide bonds. The monoisotopic (exact) mass is 304 g/mol. The Kier molecular flexibility index (Phi) is 6.05. The zero-order valence-corrected chi connectivity index (χ0v) is 12.0. The van der Waals surface area contributed by atoms with Crippen LogP contribution in [0.5, 0.6) is 0 Å². The summed E-state index contributed by atoms with van der Waals surface area (Å²) in [5.74, 6) is -1.48. The van der Waals surface area contributed by atoms with Crippen molar-refractivity contribution in [2.75, 3.05) is 24.8 Å². The molecule has 0 aliphatic rings. The number of hydrogen-bond donors (Lipinski definition) is 2. The van der Waals surface area contributed by atoms with Crippen molar-refractivity contribution in [3.63, 3.8) is 0 Å². The average molecular weight is 304 g/mol. The van der Waals surface area contributed by atoms with Crippen LogP contribution in [0.4, 0.5) is 10.1 Å². The summed E-state index contributed by atoms with van der Waals surface area (Å²) in [5, 5.41) is 2.32. The van der Waals surface area contributed by atoms with E-state index in [9.17, 15) is 17.6 Å². The summed E-state index contributed by atoms with van der Waals surface area (Å²) in [6.07, 6.45) is 0. The van der Waals surface area contributed by atoms with Crippen molar-refractivity contribution < 1.29 is 22.3 Å². The lowest BCUT2D eigenvalue weighted by atomic mass is 10.2. The molecule has 0 saturated heterocycles. The number of anilines is 1. The summed E-state index contributed by atoms with van der Waals surface area (Å²) < 4.78 is 43.4. The molecule has 1 aromatic rings. The van der Waals surface area contributed by atoms with Crippen LogP contribution in [0.1, 0.15) is 6.92 Å². The van der Waals surface area contributed by atoms with E-state index in [1.54, 1.807) is 6.07 Å². The molecule has 0 aliphatic heterocycles. The van der Waals surface area contributed by atoms with Crippen LogP contribution in [-0.4, -0.2) is 39.8 Å². The second-order valence-corrected chi connectivity index (χ2v) is 5.99. The van der Waals surface area contributed by atoms with Gasteiger partial charge >= 0.3 is 0 Å². The van der Waals surface area contributed by atoms with E-state index in [0.717, 1.165) is 0 Å². The van der Waals surface area contributed by atoms with Gasteiger partial charge in [-0.3, -0.25) is 4.79 Å². The predicted octanol–water partition coefficient (Wildman–Crippen LogP) is 0.719. The summed E-state index contributed by atoms with van der Waals surface area (Å²) in [5.41, 5.74) is 0.000407. The van der Waals surface area contributed by atoms with Gasteiger partial charge in [-0.15, -0.1) is 0 Å². The normalized spacial score (nSPS) is 12.9. The fraction of sp³-hybridized carbons (Fsp3) is 0.417. The number of rotatable bonds is 7. The minimum atomic E-state index is -3.62. The highest BCUT2D eigenvalue weighted by Crippen LogP contribution is 2.12. The zero-order chi connectivity index (χ0) is 15.2. The molecular weight excluding hydrogens is 287 g/mol. The van der Waals surface area contributed by atoms with Crippen molar-refractivity contribution in [2.24, 2.45) is 0 Å². The van der Waals surface area contributed by atoms with E-state index in [1.165, 1.54) is 32.2 Å². The molecule has 112 valence electrons. The lowest BCUT2D eigenvalue weighted by molar-refractivity contribution is -0.117. The summed E-state index contributed by atoms with van der Waals surface area (Å²) in [6, 6.07) is 4.62. The van der Waals surface area contributed by atoms with Gasteiger partial charge in [0.05, 0.1) is 24.1 Å². The van der Waals surface area contributed by atoms with Crippen LogP contribution in [0.15, 0.2) is 24.3 Å². The molecular formula is C12H17FN2O4S. The first-order valence-electron chi connectivity index (χ1n) is 5.90. The highest BCUT2D eigenvalue weighted by molar-refractivity contribution is 7.89. The Morgan fingerprint density at radius 1 is 1.40 bits per heavy atom. The van der Waals surface area contributed by atoms with Gasteiger partial charge in [-0.2, -0.15) is 0 Å². The van der Waals surface area contributed by atoms with Gasteiger partial charge in [-0.1, -0.05) is 12.1 Å². The van der Waals surface area contributed by atoms with Gasteiger partial charge in [-0.25, -0.2) is 17.5 Å². The van der Waals surface area contributed by atoms with Crippen molar-refractivity contribution in [1.82, 2.24) is 4.72 Å². The number of carbonyl (C=O) groups excluding carboxylic acids is 1. The zero-order valence-electron chi connectivity index (χ0n) is 11.2. The Hall–Kier alpha value is -1.51. The third-order valence-corrected chi connectivity index (χ3v) is 3.85. The number of methoxy groups -OCH3 is 1. The van der Waals surface area contributed by atoms with Crippen LogP contribution < -0.4 is 10.0 Å². The molecule has 0 fully saturated rings. The van der Waals surface area contributed by atoms with E-state index in [1.807, 2.05) is 0 Å². The number of carbonyl (C=O) groups is 1. The quantitative estimate of drug-likeness (QED) is 0.777. The molecule has 0 aromatic heterocycles. The van der Waals surface area contributed by atoms with Crippen LogP contribution in [0.2, 0.25) is 0 Å². The molecule has 6 nitrogen and oxygen atoms in total. The second-order valence-electron chi connectivity index (χ2n) is 4.12. The molecule has 1 unspecified atom stereocenters. The SMILES string of the molecule is COCCS(=O)(=O)NC(C)C(=O)Nc1ccccc1F. The Labute approximate surface area is 117 Å². The van der Waals surface area contributed by atoms with Crippen LogP contribution in [-0.2, 0) is 19.6 Å². The predicted molar refractivity (Wildman–Crippen MR) is 73.3 cm³/mol. The maximum atomic E-state index is 13.3. The third-order valence-electron chi connectivity index (χ3n) is 2.44. The van der Waals surface area contributed by atoms with Crippen molar-refractivity contribution >= 4 is 21.6 Å². The number of benzene rings is 1. The fourth-order valence-corrected chi connectivity index (χ4v) is 2.53.